The van der Waals surface area contributed by atoms with Crippen molar-refractivity contribution in [1.82, 2.24) is 4.90 Å². The highest BCUT2D eigenvalue weighted by molar-refractivity contribution is 9.10. The first-order valence-electron chi connectivity index (χ1n) is 7.38. The molecule has 24 heavy (non-hydrogen) atoms. The summed E-state index contributed by atoms with van der Waals surface area (Å²) in [6.07, 6.45) is 0. The minimum atomic E-state index is -0.509. The van der Waals surface area contributed by atoms with Gasteiger partial charge in [0.2, 0.25) is 5.91 Å². The maximum absolute atomic E-state index is 12.4. The molecule has 0 bridgehead atoms. The minimum Gasteiger partial charge on any atom is -0.319 e. The number of anilines is 1. The molecule has 6 nitrogen and oxygen atoms in total. The van der Waals surface area contributed by atoms with Crippen molar-refractivity contribution in [3.8, 4) is 0 Å². The van der Waals surface area contributed by atoms with Gasteiger partial charge < -0.3 is 5.32 Å². The molecule has 0 aliphatic carbocycles. The highest BCUT2D eigenvalue weighted by Crippen LogP contribution is 2.24. The molecular weight excluding hydrogens is 374 g/mol. The number of likely N-dealkylation sites (N-methyl/N-ethyl adjacent to an activating group) is 1. The first-order chi connectivity index (χ1) is 11.4. The topological polar surface area (TPSA) is 75.5 Å². The lowest BCUT2D eigenvalue weighted by molar-refractivity contribution is -0.383. The van der Waals surface area contributed by atoms with Crippen LogP contribution in [0.2, 0.25) is 0 Å². The number of benzene rings is 2. The summed E-state index contributed by atoms with van der Waals surface area (Å²) in [6, 6.07) is 13.5. The zero-order valence-electron chi connectivity index (χ0n) is 13.4. The van der Waals surface area contributed by atoms with Crippen molar-refractivity contribution in [3.63, 3.8) is 0 Å². The van der Waals surface area contributed by atoms with Gasteiger partial charge in [0, 0.05) is 17.1 Å². The molecule has 0 saturated carbocycles. The number of nitrogens with zero attached hydrogens (tertiary/aromatic N) is 2. The summed E-state index contributed by atoms with van der Waals surface area (Å²) >= 11 is 3.49. The molecule has 0 aliphatic rings. The standard InChI is InChI=1S/C17H18BrN3O3/c1-12(20(2)11-13-7-3-4-8-14(13)18)17(22)19-15-9-5-6-10-16(15)21(23)24/h3-10,12H,11H2,1-2H3,(H,19,22)/t12-/m0/s1. The van der Waals surface area contributed by atoms with Crippen LogP contribution in [0, 0.1) is 10.1 Å². The number of carbonyl (C=O) groups is 1. The number of carbonyl (C=O) groups excluding carboxylic acids is 1. The number of nitro groups is 1. The van der Waals surface area contributed by atoms with Gasteiger partial charge in [-0.15, -0.1) is 0 Å². The molecule has 0 aromatic heterocycles. The number of rotatable bonds is 6. The van der Waals surface area contributed by atoms with E-state index in [1.54, 1.807) is 19.1 Å². The van der Waals surface area contributed by atoms with E-state index in [2.05, 4.69) is 21.2 Å². The predicted molar refractivity (Wildman–Crippen MR) is 96.8 cm³/mol. The SMILES string of the molecule is C[C@@H](C(=O)Nc1ccccc1[N+](=O)[O-])N(C)Cc1ccccc1Br. The lowest BCUT2D eigenvalue weighted by atomic mass is 10.2. The molecule has 1 atom stereocenters. The molecule has 0 unspecified atom stereocenters. The Bertz CT molecular complexity index is 751. The summed E-state index contributed by atoms with van der Waals surface area (Å²) in [5, 5.41) is 13.7. The highest BCUT2D eigenvalue weighted by atomic mass is 79.9. The van der Waals surface area contributed by atoms with Gasteiger partial charge >= 0.3 is 0 Å². The van der Waals surface area contributed by atoms with Crippen molar-refractivity contribution in [2.24, 2.45) is 0 Å². The van der Waals surface area contributed by atoms with Crippen LogP contribution in [0.5, 0.6) is 0 Å². The quantitative estimate of drug-likeness (QED) is 0.599. The molecule has 126 valence electrons. The molecule has 0 fully saturated rings. The van der Waals surface area contributed by atoms with Gasteiger partial charge in [-0.1, -0.05) is 46.3 Å². The van der Waals surface area contributed by atoms with Gasteiger partial charge in [0.25, 0.3) is 5.69 Å². The molecule has 0 heterocycles. The molecule has 7 heteroatoms. The zero-order valence-corrected chi connectivity index (χ0v) is 15.0. The van der Waals surface area contributed by atoms with Crippen molar-refractivity contribution in [1.29, 1.82) is 0 Å². The third-order valence-electron chi connectivity index (χ3n) is 3.78. The Labute approximate surface area is 148 Å². The first-order valence-corrected chi connectivity index (χ1v) is 8.17. The monoisotopic (exact) mass is 391 g/mol. The summed E-state index contributed by atoms with van der Waals surface area (Å²) in [7, 11) is 1.84. The normalized spacial score (nSPS) is 12.0. The number of para-hydroxylation sites is 2. The van der Waals surface area contributed by atoms with Crippen LogP contribution in [-0.4, -0.2) is 28.8 Å². The van der Waals surface area contributed by atoms with Gasteiger partial charge in [0.1, 0.15) is 5.69 Å². The number of hydrogen-bond acceptors (Lipinski definition) is 4. The molecule has 0 radical (unpaired) electrons. The van der Waals surface area contributed by atoms with E-state index in [9.17, 15) is 14.9 Å². The van der Waals surface area contributed by atoms with Gasteiger partial charge in [-0.2, -0.15) is 0 Å². The molecule has 2 rings (SSSR count). The molecule has 2 aromatic rings. The molecule has 2 aromatic carbocycles. The molecular formula is C17H18BrN3O3. The van der Waals surface area contributed by atoms with Gasteiger partial charge in [-0.25, -0.2) is 0 Å². The van der Waals surface area contributed by atoms with E-state index < -0.39 is 11.0 Å². The molecule has 1 amide bonds. The van der Waals surface area contributed by atoms with E-state index >= 15 is 0 Å². The summed E-state index contributed by atoms with van der Waals surface area (Å²) in [5.74, 6) is -0.293. The third kappa shape index (κ3) is 4.39. The van der Waals surface area contributed by atoms with E-state index in [1.807, 2.05) is 36.2 Å². The maximum Gasteiger partial charge on any atom is 0.292 e. The Morgan fingerprint density at radius 3 is 2.54 bits per heavy atom. The van der Waals surface area contributed by atoms with Gasteiger partial charge in [0.15, 0.2) is 0 Å². The smallest absolute Gasteiger partial charge is 0.292 e. The average Bonchev–Trinajstić information content (AvgIpc) is 2.56. The number of nitro benzene ring substituents is 1. The number of nitrogens with one attached hydrogen (secondary N) is 1. The predicted octanol–water partition coefficient (Wildman–Crippen LogP) is 3.82. The van der Waals surface area contributed by atoms with Crippen molar-refractivity contribution >= 4 is 33.2 Å². The van der Waals surface area contributed by atoms with Gasteiger partial charge in [0.05, 0.1) is 11.0 Å². The van der Waals surface area contributed by atoms with Crippen LogP contribution in [0.1, 0.15) is 12.5 Å². The second kappa shape index (κ2) is 8.03. The lowest BCUT2D eigenvalue weighted by Gasteiger charge is -2.24. The van der Waals surface area contributed by atoms with Crippen molar-refractivity contribution in [3.05, 3.63) is 68.7 Å². The number of halogens is 1. The van der Waals surface area contributed by atoms with Gasteiger partial charge in [-0.05, 0) is 31.7 Å². The molecule has 0 saturated heterocycles. The fraction of sp³-hybridized carbons (Fsp3) is 0.235. The number of amides is 1. The Morgan fingerprint density at radius 1 is 1.25 bits per heavy atom. The van der Waals surface area contributed by atoms with Crippen molar-refractivity contribution < 1.29 is 9.72 Å². The van der Waals surface area contributed by atoms with Crippen LogP contribution >= 0.6 is 15.9 Å². The fourth-order valence-corrected chi connectivity index (χ4v) is 2.62. The molecule has 1 N–H and O–H groups in total. The Hall–Kier alpha value is -2.25. The van der Waals surface area contributed by atoms with E-state index in [1.165, 1.54) is 12.1 Å². The Morgan fingerprint density at radius 2 is 1.88 bits per heavy atom. The Kier molecular flexibility index (Phi) is 6.05. The van der Waals surface area contributed by atoms with E-state index in [0.717, 1.165) is 10.0 Å². The van der Waals surface area contributed by atoms with Crippen LogP contribution < -0.4 is 5.32 Å². The van der Waals surface area contributed by atoms with Crippen molar-refractivity contribution in [2.75, 3.05) is 12.4 Å². The van der Waals surface area contributed by atoms with Gasteiger partial charge in [-0.3, -0.25) is 19.8 Å². The maximum atomic E-state index is 12.4. The summed E-state index contributed by atoms with van der Waals surface area (Å²) in [4.78, 5) is 24.8. The zero-order chi connectivity index (χ0) is 17.7. The Balaban J connectivity index is 2.07. The van der Waals surface area contributed by atoms with E-state index in [-0.39, 0.29) is 17.3 Å². The van der Waals surface area contributed by atoms with Crippen LogP contribution in [0.4, 0.5) is 11.4 Å². The fourth-order valence-electron chi connectivity index (χ4n) is 2.21. The molecule has 0 spiro atoms. The van der Waals surface area contributed by atoms with E-state index in [0.29, 0.717) is 6.54 Å². The molecule has 0 aliphatic heterocycles. The second-order valence-corrected chi connectivity index (χ2v) is 6.30. The third-order valence-corrected chi connectivity index (χ3v) is 4.55. The lowest BCUT2D eigenvalue weighted by Crippen LogP contribution is -2.39. The van der Waals surface area contributed by atoms with Crippen LogP contribution in [0.25, 0.3) is 0 Å². The van der Waals surface area contributed by atoms with Crippen LogP contribution in [0.15, 0.2) is 53.0 Å². The first kappa shape index (κ1) is 18.1. The summed E-state index contributed by atoms with van der Waals surface area (Å²) in [6.45, 7) is 2.34. The van der Waals surface area contributed by atoms with Crippen molar-refractivity contribution in [2.45, 2.75) is 19.5 Å². The summed E-state index contributed by atoms with van der Waals surface area (Å²) < 4.78 is 0.975. The highest BCUT2D eigenvalue weighted by Gasteiger charge is 2.22. The largest absolute Gasteiger partial charge is 0.319 e. The van der Waals surface area contributed by atoms with Crippen LogP contribution in [-0.2, 0) is 11.3 Å². The van der Waals surface area contributed by atoms with Crippen LogP contribution in [0.3, 0.4) is 0 Å². The average molecular weight is 392 g/mol. The van der Waals surface area contributed by atoms with E-state index in [4.69, 9.17) is 0 Å². The second-order valence-electron chi connectivity index (χ2n) is 5.45. The minimum absolute atomic E-state index is 0.119. The number of hydrogen-bond donors (Lipinski definition) is 1. The summed E-state index contributed by atoms with van der Waals surface area (Å²) in [5.41, 5.74) is 1.14.